The average Bonchev–Trinajstić information content (AvgIpc) is 2.78. The molecule has 0 saturated carbocycles. The monoisotopic (exact) mass is 217 g/mol. The quantitative estimate of drug-likeness (QED) is 0.549. The smallest absolute Gasteiger partial charge is 0.0541 e. The summed E-state index contributed by atoms with van der Waals surface area (Å²) in [6.07, 6.45) is 7.56. The predicted molar refractivity (Wildman–Crippen MR) is 71.2 cm³/mol. The molecule has 0 aliphatic heterocycles. The molecular weight excluding hydrogens is 206 g/mol. The van der Waals surface area contributed by atoms with Crippen LogP contribution in [0.2, 0.25) is 0 Å². The van der Waals surface area contributed by atoms with Crippen LogP contribution in [0, 0.1) is 12.3 Å². The molecule has 0 aliphatic rings. The molecule has 0 aliphatic carbocycles. The molecule has 0 N–H and O–H groups in total. The van der Waals surface area contributed by atoms with Crippen LogP contribution in [-0.4, -0.2) is 4.57 Å². The third kappa shape index (κ3) is 1.51. The zero-order valence-electron chi connectivity index (χ0n) is 9.30. The van der Waals surface area contributed by atoms with Crippen LogP contribution in [-0.2, 0) is 0 Å². The summed E-state index contributed by atoms with van der Waals surface area (Å²) in [5.74, 6) is 2.74. The van der Waals surface area contributed by atoms with E-state index in [4.69, 9.17) is 6.42 Å². The highest BCUT2D eigenvalue weighted by Crippen LogP contribution is 2.23. The SMILES string of the molecule is C#Cc1cn(-c2ccccc2)c2ccccc12. The number of hydrogen-bond acceptors (Lipinski definition) is 0. The van der Waals surface area contributed by atoms with E-state index in [-0.39, 0.29) is 0 Å². The lowest BCUT2D eigenvalue weighted by Gasteiger charge is -2.03. The van der Waals surface area contributed by atoms with Crippen LogP contribution < -0.4 is 0 Å². The maximum absolute atomic E-state index is 5.54. The number of hydrogen-bond donors (Lipinski definition) is 0. The summed E-state index contributed by atoms with van der Waals surface area (Å²) >= 11 is 0. The van der Waals surface area contributed by atoms with E-state index in [2.05, 4.69) is 34.8 Å². The molecule has 0 saturated heterocycles. The Morgan fingerprint density at radius 2 is 1.59 bits per heavy atom. The summed E-state index contributed by atoms with van der Waals surface area (Å²) in [4.78, 5) is 0. The number of para-hydroxylation sites is 2. The van der Waals surface area contributed by atoms with Crippen molar-refractivity contribution in [3.05, 3.63) is 66.4 Å². The molecule has 2 aromatic carbocycles. The molecule has 3 rings (SSSR count). The zero-order chi connectivity index (χ0) is 11.7. The van der Waals surface area contributed by atoms with Gasteiger partial charge in [0.25, 0.3) is 0 Å². The van der Waals surface area contributed by atoms with Gasteiger partial charge >= 0.3 is 0 Å². The lowest BCUT2D eigenvalue weighted by molar-refractivity contribution is 1.13. The Labute approximate surface area is 100 Å². The highest BCUT2D eigenvalue weighted by atomic mass is 15.0. The number of fused-ring (bicyclic) bond motifs is 1. The lowest BCUT2D eigenvalue weighted by atomic mass is 10.2. The van der Waals surface area contributed by atoms with Gasteiger partial charge in [-0.15, -0.1) is 6.42 Å². The predicted octanol–water partition coefficient (Wildman–Crippen LogP) is 3.61. The highest BCUT2D eigenvalue weighted by molar-refractivity contribution is 5.88. The van der Waals surface area contributed by atoms with Gasteiger partial charge < -0.3 is 4.57 Å². The van der Waals surface area contributed by atoms with Gasteiger partial charge in [0, 0.05) is 17.3 Å². The molecule has 0 bridgehead atoms. The minimum atomic E-state index is 0.935. The summed E-state index contributed by atoms with van der Waals surface area (Å²) in [6.45, 7) is 0. The Morgan fingerprint density at radius 3 is 2.35 bits per heavy atom. The average molecular weight is 217 g/mol. The lowest BCUT2D eigenvalue weighted by Crippen LogP contribution is -1.90. The Bertz CT molecular complexity index is 699. The second kappa shape index (κ2) is 3.84. The first-order valence-corrected chi connectivity index (χ1v) is 5.52. The van der Waals surface area contributed by atoms with Gasteiger partial charge in [-0.05, 0) is 18.2 Å². The number of benzene rings is 2. The Kier molecular flexibility index (Phi) is 2.20. The van der Waals surface area contributed by atoms with Crippen LogP contribution in [0.3, 0.4) is 0 Å². The second-order valence-electron chi connectivity index (χ2n) is 3.91. The molecule has 0 fully saturated rings. The fourth-order valence-corrected chi connectivity index (χ4v) is 2.10. The van der Waals surface area contributed by atoms with Gasteiger partial charge in [0.2, 0.25) is 0 Å². The van der Waals surface area contributed by atoms with Crippen LogP contribution in [0.15, 0.2) is 60.8 Å². The third-order valence-electron chi connectivity index (χ3n) is 2.90. The van der Waals surface area contributed by atoms with E-state index >= 15 is 0 Å². The summed E-state index contributed by atoms with van der Waals surface area (Å²) in [7, 11) is 0. The second-order valence-corrected chi connectivity index (χ2v) is 3.91. The first kappa shape index (κ1) is 9.74. The van der Waals surface area contributed by atoms with E-state index in [9.17, 15) is 0 Å². The molecule has 1 nitrogen and oxygen atoms in total. The summed E-state index contributed by atoms with van der Waals surface area (Å²) in [5, 5.41) is 1.12. The first-order valence-electron chi connectivity index (χ1n) is 5.52. The van der Waals surface area contributed by atoms with Gasteiger partial charge in [-0.2, -0.15) is 0 Å². The molecule has 0 amide bonds. The number of nitrogens with zero attached hydrogens (tertiary/aromatic N) is 1. The van der Waals surface area contributed by atoms with Crippen molar-refractivity contribution in [3.8, 4) is 18.0 Å². The molecule has 1 aromatic heterocycles. The topological polar surface area (TPSA) is 4.93 Å². The minimum Gasteiger partial charge on any atom is -0.315 e. The Balaban J connectivity index is 2.35. The molecule has 0 spiro atoms. The molecule has 1 heteroatoms. The van der Waals surface area contributed by atoms with Crippen LogP contribution in [0.25, 0.3) is 16.6 Å². The maximum atomic E-state index is 5.54. The molecular formula is C16H11N. The first-order chi connectivity index (χ1) is 8.40. The van der Waals surface area contributed by atoms with E-state index in [1.807, 2.05) is 36.5 Å². The van der Waals surface area contributed by atoms with Crippen molar-refractivity contribution >= 4 is 10.9 Å². The van der Waals surface area contributed by atoms with Crippen molar-refractivity contribution in [3.63, 3.8) is 0 Å². The Hall–Kier alpha value is -2.46. The Morgan fingerprint density at radius 1 is 0.882 bits per heavy atom. The third-order valence-corrected chi connectivity index (χ3v) is 2.90. The zero-order valence-corrected chi connectivity index (χ0v) is 9.30. The standard InChI is InChI=1S/C16H11N/c1-2-13-12-17(14-8-4-3-5-9-14)16-11-7-6-10-15(13)16/h1,3-12H. The van der Waals surface area contributed by atoms with Gasteiger partial charge in [0.05, 0.1) is 11.1 Å². The molecule has 80 valence electrons. The van der Waals surface area contributed by atoms with Crippen LogP contribution >= 0.6 is 0 Å². The van der Waals surface area contributed by atoms with Crippen molar-refractivity contribution in [1.29, 1.82) is 0 Å². The maximum Gasteiger partial charge on any atom is 0.0541 e. The van der Waals surface area contributed by atoms with Gasteiger partial charge in [-0.25, -0.2) is 0 Å². The fourth-order valence-electron chi connectivity index (χ4n) is 2.10. The molecule has 0 radical (unpaired) electrons. The number of aromatic nitrogens is 1. The van der Waals surface area contributed by atoms with Crippen molar-refractivity contribution in [2.75, 3.05) is 0 Å². The number of rotatable bonds is 1. The number of terminal acetylenes is 1. The fraction of sp³-hybridized carbons (Fsp3) is 0. The van der Waals surface area contributed by atoms with Gasteiger partial charge in [0.15, 0.2) is 0 Å². The summed E-state index contributed by atoms with van der Waals surface area (Å²) in [6, 6.07) is 18.4. The molecule has 0 unspecified atom stereocenters. The van der Waals surface area contributed by atoms with Crippen molar-refractivity contribution < 1.29 is 0 Å². The highest BCUT2D eigenvalue weighted by Gasteiger charge is 2.06. The van der Waals surface area contributed by atoms with Crippen molar-refractivity contribution in [2.24, 2.45) is 0 Å². The molecule has 1 heterocycles. The van der Waals surface area contributed by atoms with Crippen LogP contribution in [0.4, 0.5) is 0 Å². The van der Waals surface area contributed by atoms with E-state index in [0.29, 0.717) is 0 Å². The molecule has 3 aromatic rings. The van der Waals surface area contributed by atoms with Crippen LogP contribution in [0.1, 0.15) is 5.56 Å². The molecule has 17 heavy (non-hydrogen) atoms. The molecule has 0 atom stereocenters. The van der Waals surface area contributed by atoms with Crippen LogP contribution in [0.5, 0.6) is 0 Å². The van der Waals surface area contributed by atoms with Gasteiger partial charge in [0.1, 0.15) is 0 Å². The van der Waals surface area contributed by atoms with E-state index in [0.717, 1.165) is 22.2 Å². The summed E-state index contributed by atoms with van der Waals surface area (Å²) in [5.41, 5.74) is 3.21. The largest absolute Gasteiger partial charge is 0.315 e. The van der Waals surface area contributed by atoms with E-state index in [1.165, 1.54) is 0 Å². The normalized spacial score (nSPS) is 10.3. The minimum absolute atomic E-state index is 0.935. The van der Waals surface area contributed by atoms with E-state index in [1.54, 1.807) is 0 Å². The van der Waals surface area contributed by atoms with Crippen molar-refractivity contribution in [2.45, 2.75) is 0 Å². The van der Waals surface area contributed by atoms with Gasteiger partial charge in [-0.1, -0.05) is 42.3 Å². The van der Waals surface area contributed by atoms with E-state index < -0.39 is 0 Å². The van der Waals surface area contributed by atoms with Gasteiger partial charge in [-0.3, -0.25) is 0 Å². The van der Waals surface area contributed by atoms with Crippen molar-refractivity contribution in [1.82, 2.24) is 4.57 Å². The summed E-state index contributed by atoms with van der Waals surface area (Å²) < 4.78 is 2.13.